The van der Waals surface area contributed by atoms with Crippen LogP contribution < -0.4 is 4.90 Å². The van der Waals surface area contributed by atoms with Crippen molar-refractivity contribution in [2.45, 2.75) is 11.6 Å². The van der Waals surface area contributed by atoms with Gasteiger partial charge in [-0.05, 0) is 24.3 Å². The molecule has 0 saturated carbocycles. The van der Waals surface area contributed by atoms with Crippen LogP contribution in [-0.4, -0.2) is 51.5 Å². The molecule has 0 saturated heterocycles. The Bertz CT molecular complexity index is 1170. The highest BCUT2D eigenvalue weighted by Gasteiger charge is 2.26. The Morgan fingerprint density at radius 3 is 2.48 bits per heavy atom. The second-order valence-corrected chi connectivity index (χ2v) is 8.99. The van der Waals surface area contributed by atoms with E-state index in [0.29, 0.717) is 18.7 Å². The van der Waals surface area contributed by atoms with Crippen LogP contribution in [0.1, 0.15) is 11.3 Å². The monoisotopic (exact) mass is 439 g/mol. The molecule has 162 valence electrons. The summed E-state index contributed by atoms with van der Waals surface area (Å²) < 4.78 is 31.0. The predicted octanol–water partition coefficient (Wildman–Crippen LogP) is 1.91. The number of anilines is 1. The van der Waals surface area contributed by atoms with Crippen molar-refractivity contribution in [3.05, 3.63) is 73.2 Å². The fourth-order valence-corrected chi connectivity index (χ4v) is 4.49. The lowest BCUT2D eigenvalue weighted by molar-refractivity contribution is 0.441. The minimum atomic E-state index is -3.76. The average Bonchev–Trinajstić information content (AvgIpc) is 3.38. The van der Waals surface area contributed by atoms with E-state index in [1.54, 1.807) is 42.3 Å². The molecule has 0 radical (unpaired) electrons. The maximum absolute atomic E-state index is 13.1. The van der Waals surface area contributed by atoms with Crippen LogP contribution >= 0.6 is 0 Å². The molecular formula is C21H25N7O2S. The number of benzene rings is 1. The van der Waals surface area contributed by atoms with E-state index >= 15 is 0 Å². The van der Waals surface area contributed by atoms with E-state index in [0.717, 1.165) is 11.4 Å². The van der Waals surface area contributed by atoms with Crippen molar-refractivity contribution in [3.63, 3.8) is 0 Å². The first kappa shape index (κ1) is 22.3. The minimum Gasteiger partial charge on any atom is -0.364 e. The maximum Gasteiger partial charge on any atom is 0.262 e. The third-order valence-corrected chi connectivity index (χ3v) is 6.62. The summed E-state index contributed by atoms with van der Waals surface area (Å²) in [5, 5.41) is 9.09. The summed E-state index contributed by atoms with van der Waals surface area (Å²) in [4.78, 5) is 10.2. The summed E-state index contributed by atoms with van der Waals surface area (Å²) in [5.41, 5.74) is 2.43. The van der Waals surface area contributed by atoms with E-state index in [-0.39, 0.29) is 18.1 Å². The summed E-state index contributed by atoms with van der Waals surface area (Å²) in [5.74, 6) is 0. The molecule has 2 aromatic heterocycles. The number of sulfonamides is 1. The van der Waals surface area contributed by atoms with Crippen LogP contribution in [0.25, 0.3) is 0 Å². The molecule has 9 nitrogen and oxygen atoms in total. The van der Waals surface area contributed by atoms with Crippen LogP contribution in [0, 0.1) is 11.3 Å². The standard InChI is InChI=1S/C21H25N7O2S/c1-4-9-28(31(29,30)21-15-25(2)17-24-21)11-10-27(14-20-13-23-16-26(20)3)19-7-5-18(12-22)6-8-19/h4-8,13,15-17H,1,9-11,14H2,2-3H3. The molecule has 3 aromatic rings. The van der Waals surface area contributed by atoms with Gasteiger partial charge >= 0.3 is 0 Å². The Morgan fingerprint density at radius 2 is 1.94 bits per heavy atom. The van der Waals surface area contributed by atoms with Crippen molar-refractivity contribution in [1.82, 2.24) is 23.4 Å². The van der Waals surface area contributed by atoms with Gasteiger partial charge < -0.3 is 14.0 Å². The molecule has 0 unspecified atom stereocenters. The molecule has 0 bridgehead atoms. The number of nitriles is 1. The molecule has 0 aliphatic rings. The number of aromatic nitrogens is 4. The molecule has 2 heterocycles. The van der Waals surface area contributed by atoms with E-state index in [1.807, 2.05) is 23.7 Å². The van der Waals surface area contributed by atoms with Gasteiger partial charge in [0.15, 0.2) is 5.03 Å². The van der Waals surface area contributed by atoms with Crippen molar-refractivity contribution in [2.75, 3.05) is 24.5 Å². The highest BCUT2D eigenvalue weighted by Crippen LogP contribution is 2.19. The Kier molecular flexibility index (Phi) is 6.89. The molecule has 0 spiro atoms. The second-order valence-electron chi connectivity index (χ2n) is 7.11. The fourth-order valence-electron chi connectivity index (χ4n) is 3.12. The van der Waals surface area contributed by atoms with Gasteiger partial charge in [-0.25, -0.2) is 18.4 Å². The van der Waals surface area contributed by atoms with Crippen LogP contribution in [0.3, 0.4) is 0 Å². The van der Waals surface area contributed by atoms with Crippen LogP contribution in [0.2, 0.25) is 0 Å². The second kappa shape index (κ2) is 9.59. The lowest BCUT2D eigenvalue weighted by Gasteiger charge is -2.28. The number of rotatable bonds is 10. The molecule has 10 heteroatoms. The van der Waals surface area contributed by atoms with Crippen molar-refractivity contribution in [2.24, 2.45) is 14.1 Å². The largest absolute Gasteiger partial charge is 0.364 e. The molecule has 0 aliphatic carbocycles. The summed E-state index contributed by atoms with van der Waals surface area (Å²) in [6, 6.07) is 9.33. The number of hydrogen-bond donors (Lipinski definition) is 0. The van der Waals surface area contributed by atoms with Gasteiger partial charge in [0.05, 0.1) is 36.5 Å². The summed E-state index contributed by atoms with van der Waals surface area (Å²) in [6.45, 7) is 5.08. The fraction of sp³-hybridized carbons (Fsp3) is 0.286. The number of imidazole rings is 2. The Balaban J connectivity index is 1.85. The number of aryl methyl sites for hydroxylation is 2. The molecule has 0 amide bonds. The van der Waals surface area contributed by atoms with Gasteiger partial charge in [0.25, 0.3) is 10.0 Å². The first-order valence-electron chi connectivity index (χ1n) is 9.64. The molecule has 31 heavy (non-hydrogen) atoms. The third kappa shape index (κ3) is 5.20. The van der Waals surface area contributed by atoms with Gasteiger partial charge in [0.2, 0.25) is 0 Å². The normalized spacial score (nSPS) is 11.4. The van der Waals surface area contributed by atoms with Crippen molar-refractivity contribution >= 4 is 15.7 Å². The van der Waals surface area contributed by atoms with Crippen LogP contribution in [0.4, 0.5) is 5.69 Å². The lowest BCUT2D eigenvalue weighted by atomic mass is 10.2. The van der Waals surface area contributed by atoms with Gasteiger partial charge in [0.1, 0.15) is 0 Å². The topological polar surface area (TPSA) is 100 Å². The highest BCUT2D eigenvalue weighted by atomic mass is 32.2. The summed E-state index contributed by atoms with van der Waals surface area (Å²) in [7, 11) is -0.120. The number of hydrogen-bond acceptors (Lipinski definition) is 6. The van der Waals surface area contributed by atoms with Gasteiger partial charge in [0, 0.05) is 51.8 Å². The van der Waals surface area contributed by atoms with Crippen molar-refractivity contribution in [3.8, 4) is 6.07 Å². The molecule has 0 atom stereocenters. The zero-order valence-corrected chi connectivity index (χ0v) is 18.4. The molecular weight excluding hydrogens is 414 g/mol. The van der Waals surface area contributed by atoms with Crippen molar-refractivity contribution in [1.29, 1.82) is 5.26 Å². The predicted molar refractivity (Wildman–Crippen MR) is 118 cm³/mol. The van der Waals surface area contributed by atoms with Gasteiger partial charge in [-0.15, -0.1) is 6.58 Å². The Labute approximate surface area is 182 Å². The molecule has 0 aliphatic heterocycles. The van der Waals surface area contributed by atoms with Gasteiger partial charge in [-0.3, -0.25) is 0 Å². The highest BCUT2D eigenvalue weighted by molar-refractivity contribution is 7.89. The van der Waals surface area contributed by atoms with E-state index < -0.39 is 10.0 Å². The number of nitrogens with zero attached hydrogens (tertiary/aromatic N) is 7. The van der Waals surface area contributed by atoms with Crippen molar-refractivity contribution < 1.29 is 8.42 Å². The van der Waals surface area contributed by atoms with Gasteiger partial charge in [-0.2, -0.15) is 9.57 Å². The van der Waals surface area contributed by atoms with Crippen LogP contribution in [0.15, 0.2) is 67.0 Å². The zero-order chi connectivity index (χ0) is 22.4. The Morgan fingerprint density at radius 1 is 1.19 bits per heavy atom. The first-order chi connectivity index (χ1) is 14.8. The third-order valence-electron chi connectivity index (χ3n) is 4.87. The van der Waals surface area contributed by atoms with E-state index in [2.05, 4.69) is 27.5 Å². The summed E-state index contributed by atoms with van der Waals surface area (Å²) in [6.07, 6.45) is 8.02. The average molecular weight is 440 g/mol. The van der Waals surface area contributed by atoms with E-state index in [9.17, 15) is 8.42 Å². The SMILES string of the molecule is C=CCN(CCN(Cc1cncn1C)c1ccc(C#N)cc1)S(=O)(=O)c1cn(C)cn1. The van der Waals surface area contributed by atoms with Crippen LogP contribution in [-0.2, 0) is 30.7 Å². The molecule has 1 aromatic carbocycles. The van der Waals surface area contributed by atoms with E-state index in [4.69, 9.17) is 5.26 Å². The smallest absolute Gasteiger partial charge is 0.262 e. The van der Waals surface area contributed by atoms with E-state index in [1.165, 1.54) is 16.8 Å². The molecule has 0 N–H and O–H groups in total. The Hall–Kier alpha value is -3.42. The molecule has 0 fully saturated rings. The first-order valence-corrected chi connectivity index (χ1v) is 11.1. The molecule has 3 rings (SSSR count). The van der Waals surface area contributed by atoms with Gasteiger partial charge in [-0.1, -0.05) is 6.08 Å². The summed E-state index contributed by atoms with van der Waals surface area (Å²) >= 11 is 0. The van der Waals surface area contributed by atoms with Crippen LogP contribution in [0.5, 0.6) is 0 Å². The quantitative estimate of drug-likeness (QED) is 0.448. The minimum absolute atomic E-state index is 0.00778. The zero-order valence-electron chi connectivity index (χ0n) is 17.6. The maximum atomic E-state index is 13.1. The lowest BCUT2D eigenvalue weighted by Crippen LogP contribution is -2.39.